The van der Waals surface area contributed by atoms with Crippen LogP contribution in [0.25, 0.3) is 0 Å². The van der Waals surface area contributed by atoms with Gasteiger partial charge in [0, 0.05) is 19.6 Å². The van der Waals surface area contributed by atoms with E-state index >= 15 is 0 Å². The number of hydrogen-bond acceptors (Lipinski definition) is 9. The van der Waals surface area contributed by atoms with Crippen molar-refractivity contribution in [2.45, 2.75) is 12.3 Å². The van der Waals surface area contributed by atoms with Crippen molar-refractivity contribution in [2.75, 3.05) is 39.5 Å². The highest BCUT2D eigenvalue weighted by Crippen LogP contribution is 2.22. The van der Waals surface area contributed by atoms with E-state index in [4.69, 9.17) is 15.6 Å². The van der Waals surface area contributed by atoms with Gasteiger partial charge in [-0.3, -0.25) is 0 Å². The minimum atomic E-state index is -0.848. The van der Waals surface area contributed by atoms with E-state index in [1.165, 1.54) is 0 Å². The predicted octanol–water partition coefficient (Wildman–Crippen LogP) is -2.57. The fourth-order valence-electron chi connectivity index (χ4n) is 2.49. The molecule has 0 aromatic rings. The molecular weight excluding hydrogens is 276 g/mol. The minimum absolute atomic E-state index is 0.239. The molecule has 0 radical (unpaired) electrons. The SMILES string of the molecule is NC1=C2NC(N3CCOCC3)=N[C@H]2N(C[C@@H](O)CO)C=N1. The molecule has 0 aliphatic carbocycles. The summed E-state index contributed by atoms with van der Waals surface area (Å²) >= 11 is 0. The van der Waals surface area contributed by atoms with Crippen LogP contribution in [0.4, 0.5) is 0 Å². The number of rotatable bonds is 3. The van der Waals surface area contributed by atoms with Crippen molar-refractivity contribution < 1.29 is 14.9 Å². The van der Waals surface area contributed by atoms with Crippen molar-refractivity contribution in [1.29, 1.82) is 0 Å². The summed E-state index contributed by atoms with van der Waals surface area (Å²) in [6, 6.07) is 0. The number of nitrogens with one attached hydrogen (secondary N) is 1. The maximum absolute atomic E-state index is 9.61. The molecule has 1 fully saturated rings. The molecule has 2 atom stereocenters. The van der Waals surface area contributed by atoms with E-state index < -0.39 is 6.10 Å². The van der Waals surface area contributed by atoms with Gasteiger partial charge in [-0.1, -0.05) is 0 Å². The monoisotopic (exact) mass is 296 g/mol. The molecule has 3 heterocycles. The van der Waals surface area contributed by atoms with Gasteiger partial charge in [-0.05, 0) is 0 Å². The molecular formula is C12H20N6O3. The molecule has 116 valence electrons. The van der Waals surface area contributed by atoms with E-state index in [1.807, 2.05) is 0 Å². The number of fused-ring (bicyclic) bond motifs is 1. The van der Waals surface area contributed by atoms with Gasteiger partial charge in [-0.15, -0.1) is 0 Å². The molecule has 0 aromatic heterocycles. The maximum atomic E-state index is 9.61. The molecule has 5 N–H and O–H groups in total. The van der Waals surface area contributed by atoms with Crippen LogP contribution < -0.4 is 11.1 Å². The lowest BCUT2D eigenvalue weighted by atomic mass is 10.2. The number of morpholine rings is 1. The molecule has 21 heavy (non-hydrogen) atoms. The van der Waals surface area contributed by atoms with Crippen LogP contribution in [0.3, 0.4) is 0 Å². The molecule has 0 saturated carbocycles. The number of nitrogens with two attached hydrogens (primary N) is 1. The molecule has 3 aliphatic rings. The van der Waals surface area contributed by atoms with Gasteiger partial charge in [-0.25, -0.2) is 9.98 Å². The van der Waals surface area contributed by atoms with Gasteiger partial charge in [0.2, 0.25) is 5.96 Å². The van der Waals surface area contributed by atoms with Crippen molar-refractivity contribution in [3.8, 4) is 0 Å². The molecule has 0 spiro atoms. The number of nitrogens with zero attached hydrogens (tertiary/aromatic N) is 4. The van der Waals surface area contributed by atoms with Crippen LogP contribution in [0.5, 0.6) is 0 Å². The second-order valence-electron chi connectivity index (χ2n) is 5.13. The molecule has 9 nitrogen and oxygen atoms in total. The highest BCUT2D eigenvalue weighted by Gasteiger charge is 2.35. The van der Waals surface area contributed by atoms with Gasteiger partial charge in [0.1, 0.15) is 11.5 Å². The van der Waals surface area contributed by atoms with Gasteiger partial charge >= 0.3 is 0 Å². The van der Waals surface area contributed by atoms with Crippen molar-refractivity contribution >= 4 is 12.3 Å². The fraction of sp³-hybridized carbons (Fsp3) is 0.667. The number of ether oxygens (including phenoxy) is 1. The Balaban J connectivity index is 1.76. The first-order chi connectivity index (χ1) is 10.2. The molecule has 0 bridgehead atoms. The summed E-state index contributed by atoms with van der Waals surface area (Å²) in [4.78, 5) is 12.6. The summed E-state index contributed by atoms with van der Waals surface area (Å²) in [5.41, 5.74) is 6.61. The molecule has 0 unspecified atom stereocenters. The summed E-state index contributed by atoms with van der Waals surface area (Å²) in [6.45, 7) is 2.81. The van der Waals surface area contributed by atoms with Crippen LogP contribution in [0.15, 0.2) is 21.5 Å². The highest BCUT2D eigenvalue weighted by atomic mass is 16.5. The Kier molecular flexibility index (Phi) is 3.95. The van der Waals surface area contributed by atoms with Gasteiger partial charge in [0.25, 0.3) is 0 Å². The summed E-state index contributed by atoms with van der Waals surface area (Å²) in [6.07, 6.45) is 0.372. The number of aliphatic imine (C=N–C) groups is 2. The van der Waals surface area contributed by atoms with Gasteiger partial charge in [0.05, 0.1) is 32.3 Å². The number of hydrogen-bond donors (Lipinski definition) is 4. The van der Waals surface area contributed by atoms with E-state index in [2.05, 4.69) is 20.2 Å². The summed E-state index contributed by atoms with van der Waals surface area (Å²) < 4.78 is 5.33. The largest absolute Gasteiger partial charge is 0.394 e. The Labute approximate surface area is 122 Å². The number of aliphatic hydroxyl groups is 2. The van der Waals surface area contributed by atoms with Crippen LogP contribution in [-0.4, -0.2) is 84.0 Å². The minimum Gasteiger partial charge on any atom is -0.394 e. The van der Waals surface area contributed by atoms with Crippen LogP contribution in [0, 0.1) is 0 Å². The maximum Gasteiger partial charge on any atom is 0.201 e. The lowest BCUT2D eigenvalue weighted by Crippen LogP contribution is -2.46. The molecule has 0 amide bonds. The Morgan fingerprint density at radius 1 is 1.48 bits per heavy atom. The van der Waals surface area contributed by atoms with Gasteiger partial charge in [0.15, 0.2) is 6.17 Å². The molecule has 9 heteroatoms. The molecule has 0 aromatic carbocycles. The third kappa shape index (κ3) is 2.80. The van der Waals surface area contributed by atoms with Crippen molar-refractivity contribution in [3.05, 3.63) is 11.5 Å². The number of β-amino-alcohol motifs (C(OH)–C–C–N with tert-alkyl or cyclic N) is 1. The molecule has 1 saturated heterocycles. The van der Waals surface area contributed by atoms with E-state index in [9.17, 15) is 5.11 Å². The zero-order valence-corrected chi connectivity index (χ0v) is 11.6. The van der Waals surface area contributed by atoms with E-state index in [-0.39, 0.29) is 19.3 Å². The fourth-order valence-corrected chi connectivity index (χ4v) is 2.49. The van der Waals surface area contributed by atoms with Crippen LogP contribution >= 0.6 is 0 Å². The Bertz CT molecular complexity index is 485. The molecule has 3 rings (SSSR count). The normalized spacial score (nSPS) is 26.6. The Hall–Kier alpha value is -1.84. The standard InChI is InChI=1S/C12H20N6O3/c13-10-9-11(18(7-14-10)5-8(20)6-19)16-12(15-9)17-1-3-21-4-2-17/h7-8,11,19-20H,1-6,13H2,(H,15,16)/t8-,11+/m1/s1. The first-order valence-electron chi connectivity index (χ1n) is 6.95. The zero-order chi connectivity index (χ0) is 14.8. The number of guanidine groups is 1. The summed E-state index contributed by atoms with van der Waals surface area (Å²) in [5, 5.41) is 21.8. The molecule has 3 aliphatic heterocycles. The van der Waals surface area contributed by atoms with E-state index in [1.54, 1.807) is 11.2 Å². The smallest absolute Gasteiger partial charge is 0.201 e. The van der Waals surface area contributed by atoms with Crippen LogP contribution in [-0.2, 0) is 4.74 Å². The highest BCUT2D eigenvalue weighted by molar-refractivity contribution is 5.86. The lowest BCUT2D eigenvalue weighted by molar-refractivity contribution is 0.0667. The predicted molar refractivity (Wildman–Crippen MR) is 76.3 cm³/mol. The summed E-state index contributed by atoms with van der Waals surface area (Å²) in [7, 11) is 0. The first-order valence-corrected chi connectivity index (χ1v) is 6.95. The first kappa shape index (κ1) is 14.1. The van der Waals surface area contributed by atoms with Crippen molar-refractivity contribution in [2.24, 2.45) is 15.7 Å². The average molecular weight is 296 g/mol. The van der Waals surface area contributed by atoms with Crippen molar-refractivity contribution in [3.63, 3.8) is 0 Å². The van der Waals surface area contributed by atoms with Crippen LogP contribution in [0.1, 0.15) is 0 Å². The number of aliphatic hydroxyl groups excluding tert-OH is 2. The summed E-state index contributed by atoms with van der Waals surface area (Å²) in [5.74, 6) is 1.14. The second kappa shape index (κ2) is 5.88. The second-order valence-corrected chi connectivity index (χ2v) is 5.13. The lowest BCUT2D eigenvalue weighted by Gasteiger charge is -2.29. The topological polar surface area (TPSA) is 119 Å². The third-order valence-corrected chi connectivity index (χ3v) is 3.63. The van der Waals surface area contributed by atoms with Gasteiger partial charge in [-0.2, -0.15) is 0 Å². The zero-order valence-electron chi connectivity index (χ0n) is 11.6. The van der Waals surface area contributed by atoms with E-state index in [0.717, 1.165) is 19.0 Å². The quantitative estimate of drug-likeness (QED) is 0.452. The van der Waals surface area contributed by atoms with E-state index in [0.29, 0.717) is 24.7 Å². The average Bonchev–Trinajstić information content (AvgIpc) is 2.97. The van der Waals surface area contributed by atoms with Crippen LogP contribution in [0.2, 0.25) is 0 Å². The van der Waals surface area contributed by atoms with Crippen molar-refractivity contribution in [1.82, 2.24) is 15.1 Å². The third-order valence-electron chi connectivity index (χ3n) is 3.63. The Morgan fingerprint density at radius 2 is 2.24 bits per heavy atom. The Morgan fingerprint density at radius 3 is 2.95 bits per heavy atom. The van der Waals surface area contributed by atoms with Gasteiger partial charge < -0.3 is 35.8 Å².